The van der Waals surface area contributed by atoms with E-state index in [0.29, 0.717) is 6.54 Å². The zero-order valence-corrected chi connectivity index (χ0v) is 12.1. The van der Waals surface area contributed by atoms with Gasteiger partial charge in [-0.15, -0.1) is 0 Å². The maximum atomic E-state index is 5.89. The molecular weight excluding hydrogens is 236 g/mol. The fourth-order valence-electron chi connectivity index (χ4n) is 2.53. The van der Waals surface area contributed by atoms with E-state index in [2.05, 4.69) is 24.4 Å². The lowest BCUT2D eigenvalue weighted by Gasteiger charge is -2.18. The SMILES string of the molecule is COc1ccc(C(CN)NCCCC2CC2)cc1C. The van der Waals surface area contributed by atoms with Crippen molar-refractivity contribution in [3.05, 3.63) is 29.3 Å². The zero-order chi connectivity index (χ0) is 13.7. The van der Waals surface area contributed by atoms with Crippen LogP contribution in [0.25, 0.3) is 0 Å². The van der Waals surface area contributed by atoms with Crippen molar-refractivity contribution >= 4 is 0 Å². The molecule has 1 aromatic rings. The van der Waals surface area contributed by atoms with Gasteiger partial charge in [-0.3, -0.25) is 0 Å². The number of hydrogen-bond donors (Lipinski definition) is 2. The summed E-state index contributed by atoms with van der Waals surface area (Å²) in [4.78, 5) is 0. The molecule has 3 heteroatoms. The van der Waals surface area contributed by atoms with Crippen LogP contribution >= 0.6 is 0 Å². The summed E-state index contributed by atoms with van der Waals surface area (Å²) in [7, 11) is 1.71. The molecule has 3 N–H and O–H groups in total. The summed E-state index contributed by atoms with van der Waals surface area (Å²) in [5.41, 5.74) is 8.31. The first-order chi connectivity index (χ1) is 9.24. The Balaban J connectivity index is 1.86. The van der Waals surface area contributed by atoms with Crippen molar-refractivity contribution in [3.63, 3.8) is 0 Å². The van der Waals surface area contributed by atoms with Crippen molar-refractivity contribution in [2.24, 2.45) is 11.7 Å². The Morgan fingerprint density at radius 2 is 2.21 bits per heavy atom. The number of methoxy groups -OCH3 is 1. The zero-order valence-electron chi connectivity index (χ0n) is 12.1. The van der Waals surface area contributed by atoms with E-state index in [1.807, 2.05) is 6.07 Å². The van der Waals surface area contributed by atoms with Crippen molar-refractivity contribution in [1.29, 1.82) is 0 Å². The Labute approximate surface area is 116 Å². The number of hydrogen-bond acceptors (Lipinski definition) is 3. The molecule has 19 heavy (non-hydrogen) atoms. The molecule has 0 saturated heterocycles. The van der Waals surface area contributed by atoms with Gasteiger partial charge in [-0.25, -0.2) is 0 Å². The molecule has 0 heterocycles. The third-order valence-electron chi connectivity index (χ3n) is 3.93. The molecule has 106 valence electrons. The predicted octanol–water partition coefficient (Wildman–Crippen LogP) is 2.78. The van der Waals surface area contributed by atoms with E-state index in [1.165, 1.54) is 36.8 Å². The van der Waals surface area contributed by atoms with Crippen molar-refractivity contribution in [2.45, 2.75) is 38.6 Å². The molecule has 0 aliphatic heterocycles. The molecule has 1 atom stereocenters. The van der Waals surface area contributed by atoms with Crippen LogP contribution in [0.3, 0.4) is 0 Å². The fraction of sp³-hybridized carbons (Fsp3) is 0.625. The van der Waals surface area contributed by atoms with Gasteiger partial charge in [-0.1, -0.05) is 25.0 Å². The molecule has 0 bridgehead atoms. The van der Waals surface area contributed by atoms with Gasteiger partial charge in [-0.2, -0.15) is 0 Å². The number of rotatable bonds is 8. The van der Waals surface area contributed by atoms with Gasteiger partial charge in [0.15, 0.2) is 0 Å². The van der Waals surface area contributed by atoms with Crippen LogP contribution in [0.1, 0.15) is 42.9 Å². The van der Waals surface area contributed by atoms with Crippen LogP contribution in [0.5, 0.6) is 5.75 Å². The minimum absolute atomic E-state index is 0.254. The minimum Gasteiger partial charge on any atom is -0.496 e. The van der Waals surface area contributed by atoms with E-state index < -0.39 is 0 Å². The lowest BCUT2D eigenvalue weighted by Crippen LogP contribution is -2.29. The second kappa shape index (κ2) is 6.92. The summed E-state index contributed by atoms with van der Waals surface area (Å²) in [6, 6.07) is 6.56. The van der Waals surface area contributed by atoms with Crippen LogP contribution in [0, 0.1) is 12.8 Å². The molecule has 0 spiro atoms. The molecule has 1 aromatic carbocycles. The lowest BCUT2D eigenvalue weighted by atomic mass is 10.0. The molecule has 0 radical (unpaired) electrons. The highest BCUT2D eigenvalue weighted by Crippen LogP contribution is 2.33. The van der Waals surface area contributed by atoms with Crippen molar-refractivity contribution in [2.75, 3.05) is 20.2 Å². The highest BCUT2D eigenvalue weighted by molar-refractivity contribution is 5.37. The van der Waals surface area contributed by atoms with Crippen LogP contribution in [0.4, 0.5) is 0 Å². The highest BCUT2D eigenvalue weighted by Gasteiger charge is 2.20. The predicted molar refractivity (Wildman–Crippen MR) is 79.5 cm³/mol. The largest absolute Gasteiger partial charge is 0.496 e. The van der Waals surface area contributed by atoms with Crippen LogP contribution < -0.4 is 15.8 Å². The smallest absolute Gasteiger partial charge is 0.121 e. The summed E-state index contributed by atoms with van der Waals surface area (Å²) in [5, 5.41) is 3.57. The first-order valence-electron chi connectivity index (χ1n) is 7.32. The topological polar surface area (TPSA) is 47.3 Å². The molecule has 2 rings (SSSR count). The van der Waals surface area contributed by atoms with E-state index in [0.717, 1.165) is 18.2 Å². The number of nitrogens with one attached hydrogen (secondary N) is 1. The van der Waals surface area contributed by atoms with Crippen LogP contribution in [0.2, 0.25) is 0 Å². The van der Waals surface area contributed by atoms with Gasteiger partial charge in [0, 0.05) is 12.6 Å². The lowest BCUT2D eigenvalue weighted by molar-refractivity contribution is 0.411. The molecular formula is C16H26N2O. The summed E-state index contributed by atoms with van der Waals surface area (Å²) in [5.74, 6) is 1.95. The number of aryl methyl sites for hydroxylation is 1. The third kappa shape index (κ3) is 4.22. The van der Waals surface area contributed by atoms with E-state index in [1.54, 1.807) is 7.11 Å². The highest BCUT2D eigenvalue weighted by atomic mass is 16.5. The molecule has 1 unspecified atom stereocenters. The summed E-state index contributed by atoms with van der Waals surface area (Å²) in [6.07, 6.45) is 5.51. The molecule has 3 nitrogen and oxygen atoms in total. The molecule has 1 aliphatic rings. The average Bonchev–Trinajstić information content (AvgIpc) is 3.23. The van der Waals surface area contributed by atoms with Crippen molar-refractivity contribution < 1.29 is 4.74 Å². The average molecular weight is 262 g/mol. The maximum Gasteiger partial charge on any atom is 0.121 e. The Hall–Kier alpha value is -1.06. The molecule has 1 saturated carbocycles. The Morgan fingerprint density at radius 1 is 1.42 bits per heavy atom. The molecule has 1 aliphatic carbocycles. The van der Waals surface area contributed by atoms with E-state index in [9.17, 15) is 0 Å². The standard InChI is InChI=1S/C16H26N2O/c1-12-10-14(7-8-16(12)19-2)15(11-17)18-9-3-4-13-5-6-13/h7-8,10,13,15,18H,3-6,9,11,17H2,1-2H3. The van der Waals surface area contributed by atoms with Gasteiger partial charge in [-0.05, 0) is 49.4 Å². The fourth-order valence-corrected chi connectivity index (χ4v) is 2.53. The maximum absolute atomic E-state index is 5.89. The van der Waals surface area contributed by atoms with E-state index in [-0.39, 0.29) is 6.04 Å². The monoisotopic (exact) mass is 262 g/mol. The van der Waals surface area contributed by atoms with Gasteiger partial charge in [0.05, 0.1) is 7.11 Å². The third-order valence-corrected chi connectivity index (χ3v) is 3.93. The summed E-state index contributed by atoms with van der Waals surface area (Å²) < 4.78 is 5.29. The quantitative estimate of drug-likeness (QED) is 0.708. The van der Waals surface area contributed by atoms with Gasteiger partial charge in [0.1, 0.15) is 5.75 Å². The number of ether oxygens (including phenoxy) is 1. The number of benzene rings is 1. The van der Waals surface area contributed by atoms with E-state index >= 15 is 0 Å². The van der Waals surface area contributed by atoms with Crippen LogP contribution in [-0.2, 0) is 0 Å². The van der Waals surface area contributed by atoms with Crippen molar-refractivity contribution in [3.8, 4) is 5.75 Å². The normalized spacial score (nSPS) is 16.4. The van der Waals surface area contributed by atoms with Crippen LogP contribution in [-0.4, -0.2) is 20.2 Å². The van der Waals surface area contributed by atoms with Crippen LogP contribution in [0.15, 0.2) is 18.2 Å². The first kappa shape index (κ1) is 14.4. The Kier molecular flexibility index (Phi) is 5.23. The van der Waals surface area contributed by atoms with E-state index in [4.69, 9.17) is 10.5 Å². The van der Waals surface area contributed by atoms with Gasteiger partial charge >= 0.3 is 0 Å². The van der Waals surface area contributed by atoms with Gasteiger partial charge in [0.25, 0.3) is 0 Å². The molecule has 0 aromatic heterocycles. The van der Waals surface area contributed by atoms with Gasteiger partial charge in [0.2, 0.25) is 0 Å². The first-order valence-corrected chi connectivity index (χ1v) is 7.32. The summed E-state index contributed by atoms with van der Waals surface area (Å²) in [6.45, 7) is 3.77. The number of nitrogens with two attached hydrogens (primary N) is 1. The summed E-state index contributed by atoms with van der Waals surface area (Å²) >= 11 is 0. The Morgan fingerprint density at radius 3 is 2.79 bits per heavy atom. The molecule has 0 amide bonds. The molecule has 1 fully saturated rings. The van der Waals surface area contributed by atoms with Crippen molar-refractivity contribution in [1.82, 2.24) is 5.32 Å². The second-order valence-corrected chi connectivity index (χ2v) is 5.56. The second-order valence-electron chi connectivity index (χ2n) is 5.56. The minimum atomic E-state index is 0.254. The Bertz CT molecular complexity index is 402. The van der Waals surface area contributed by atoms with Gasteiger partial charge < -0.3 is 15.8 Å².